The summed E-state index contributed by atoms with van der Waals surface area (Å²) in [6.45, 7) is 3.68. The summed E-state index contributed by atoms with van der Waals surface area (Å²) in [5.74, 6) is -0.974. The molecule has 3 nitrogen and oxygen atoms in total. The van der Waals surface area contributed by atoms with Gasteiger partial charge in [-0.1, -0.05) is 37.6 Å². The predicted octanol–water partition coefficient (Wildman–Crippen LogP) is 2.59. The third-order valence-electron chi connectivity index (χ3n) is 2.86. The molecule has 0 spiro atoms. The number of rotatable bonds is 5. The standard InChI is InChI=1S/C13H18O3/c1-4-5-10-6-8-11(9-7-10)13(2,16-3)12(14)15/h6-9H,4-5H2,1-3H3,(H,14,15). The first-order chi connectivity index (χ1) is 7.54. The molecule has 1 atom stereocenters. The van der Waals surface area contributed by atoms with Gasteiger partial charge in [-0.3, -0.25) is 0 Å². The molecule has 1 aromatic rings. The van der Waals surface area contributed by atoms with Crippen molar-refractivity contribution in [2.24, 2.45) is 0 Å². The third kappa shape index (κ3) is 2.42. The van der Waals surface area contributed by atoms with Crippen molar-refractivity contribution in [1.82, 2.24) is 0 Å². The molecule has 16 heavy (non-hydrogen) atoms. The van der Waals surface area contributed by atoms with Crippen molar-refractivity contribution in [3.8, 4) is 0 Å². The van der Waals surface area contributed by atoms with Gasteiger partial charge in [0.2, 0.25) is 0 Å². The van der Waals surface area contributed by atoms with Crippen molar-refractivity contribution in [3.05, 3.63) is 35.4 Å². The molecule has 0 aliphatic heterocycles. The second-order valence-corrected chi connectivity index (χ2v) is 3.99. The number of ether oxygens (including phenoxy) is 1. The lowest BCUT2D eigenvalue weighted by Crippen LogP contribution is -2.34. The van der Waals surface area contributed by atoms with Gasteiger partial charge in [0.15, 0.2) is 5.60 Å². The molecule has 0 aromatic heterocycles. The zero-order valence-electron chi connectivity index (χ0n) is 9.99. The molecule has 88 valence electrons. The highest BCUT2D eigenvalue weighted by atomic mass is 16.5. The van der Waals surface area contributed by atoms with Gasteiger partial charge in [-0.05, 0) is 24.5 Å². The van der Waals surface area contributed by atoms with Gasteiger partial charge in [-0.15, -0.1) is 0 Å². The maximum atomic E-state index is 11.1. The summed E-state index contributed by atoms with van der Waals surface area (Å²) in [6, 6.07) is 7.56. The Morgan fingerprint density at radius 3 is 2.31 bits per heavy atom. The van der Waals surface area contributed by atoms with Crippen LogP contribution in [-0.4, -0.2) is 18.2 Å². The van der Waals surface area contributed by atoms with Crippen LogP contribution in [0.1, 0.15) is 31.4 Å². The Bertz CT molecular complexity index is 356. The number of benzene rings is 1. The van der Waals surface area contributed by atoms with Crippen LogP contribution in [0.2, 0.25) is 0 Å². The van der Waals surface area contributed by atoms with E-state index < -0.39 is 11.6 Å². The Labute approximate surface area is 96.1 Å². The molecule has 0 saturated heterocycles. The van der Waals surface area contributed by atoms with Gasteiger partial charge in [0.25, 0.3) is 0 Å². The van der Waals surface area contributed by atoms with Gasteiger partial charge in [-0.25, -0.2) is 4.79 Å². The Morgan fingerprint density at radius 2 is 1.94 bits per heavy atom. The lowest BCUT2D eigenvalue weighted by molar-refractivity contribution is -0.161. The number of carboxylic acid groups (broad SMARTS) is 1. The zero-order chi connectivity index (χ0) is 12.2. The fourth-order valence-electron chi connectivity index (χ4n) is 1.61. The summed E-state index contributed by atoms with van der Waals surface area (Å²) in [7, 11) is 1.41. The third-order valence-corrected chi connectivity index (χ3v) is 2.86. The molecule has 0 radical (unpaired) electrons. The molecule has 0 amide bonds. The average molecular weight is 222 g/mol. The molecule has 0 heterocycles. The summed E-state index contributed by atoms with van der Waals surface area (Å²) >= 11 is 0. The maximum Gasteiger partial charge on any atom is 0.340 e. The first kappa shape index (κ1) is 12.7. The predicted molar refractivity (Wildman–Crippen MR) is 62.4 cm³/mol. The van der Waals surface area contributed by atoms with E-state index in [0.29, 0.717) is 5.56 Å². The van der Waals surface area contributed by atoms with Crippen molar-refractivity contribution < 1.29 is 14.6 Å². The number of aryl methyl sites for hydroxylation is 1. The molecular formula is C13H18O3. The van der Waals surface area contributed by atoms with Crippen LogP contribution in [0, 0.1) is 0 Å². The van der Waals surface area contributed by atoms with E-state index in [-0.39, 0.29) is 0 Å². The lowest BCUT2D eigenvalue weighted by Gasteiger charge is -2.23. The monoisotopic (exact) mass is 222 g/mol. The lowest BCUT2D eigenvalue weighted by atomic mass is 9.94. The topological polar surface area (TPSA) is 46.5 Å². The Hall–Kier alpha value is -1.35. The Morgan fingerprint density at radius 1 is 1.38 bits per heavy atom. The van der Waals surface area contributed by atoms with Crippen LogP contribution >= 0.6 is 0 Å². The molecular weight excluding hydrogens is 204 g/mol. The molecule has 0 aliphatic carbocycles. The summed E-state index contributed by atoms with van der Waals surface area (Å²) in [4.78, 5) is 11.1. The van der Waals surface area contributed by atoms with E-state index in [1.807, 2.05) is 24.3 Å². The summed E-state index contributed by atoms with van der Waals surface area (Å²) in [5, 5.41) is 9.13. The molecule has 1 rings (SSSR count). The van der Waals surface area contributed by atoms with E-state index in [1.54, 1.807) is 6.92 Å². The molecule has 0 saturated carbocycles. The number of aliphatic carboxylic acids is 1. The minimum absolute atomic E-state index is 0.669. The van der Waals surface area contributed by atoms with Crippen LogP contribution in [0.4, 0.5) is 0 Å². The van der Waals surface area contributed by atoms with Gasteiger partial charge in [0.1, 0.15) is 0 Å². The first-order valence-electron chi connectivity index (χ1n) is 5.42. The highest BCUT2D eigenvalue weighted by molar-refractivity contribution is 5.78. The van der Waals surface area contributed by atoms with Crippen LogP contribution < -0.4 is 0 Å². The SMILES string of the molecule is CCCc1ccc(C(C)(OC)C(=O)O)cc1. The fourth-order valence-corrected chi connectivity index (χ4v) is 1.61. The van der Waals surface area contributed by atoms with E-state index in [0.717, 1.165) is 12.8 Å². The Balaban J connectivity index is 2.99. The normalized spacial score (nSPS) is 14.4. The van der Waals surface area contributed by atoms with E-state index in [1.165, 1.54) is 12.7 Å². The fraction of sp³-hybridized carbons (Fsp3) is 0.462. The van der Waals surface area contributed by atoms with Gasteiger partial charge in [0.05, 0.1) is 0 Å². The second kappa shape index (κ2) is 5.12. The number of carbonyl (C=O) groups is 1. The van der Waals surface area contributed by atoms with E-state index >= 15 is 0 Å². The van der Waals surface area contributed by atoms with Crippen LogP contribution in [0.3, 0.4) is 0 Å². The van der Waals surface area contributed by atoms with Crippen LogP contribution in [0.25, 0.3) is 0 Å². The number of hydrogen-bond donors (Lipinski definition) is 1. The molecule has 1 aromatic carbocycles. The smallest absolute Gasteiger partial charge is 0.340 e. The molecule has 3 heteroatoms. The minimum atomic E-state index is -1.26. The van der Waals surface area contributed by atoms with Gasteiger partial charge < -0.3 is 9.84 Å². The van der Waals surface area contributed by atoms with Crippen molar-refractivity contribution in [2.45, 2.75) is 32.3 Å². The van der Waals surface area contributed by atoms with Crippen molar-refractivity contribution in [1.29, 1.82) is 0 Å². The van der Waals surface area contributed by atoms with E-state index in [2.05, 4.69) is 6.92 Å². The minimum Gasteiger partial charge on any atom is -0.479 e. The average Bonchev–Trinajstić information content (AvgIpc) is 2.29. The van der Waals surface area contributed by atoms with E-state index in [9.17, 15) is 4.79 Å². The van der Waals surface area contributed by atoms with Crippen LogP contribution in [0.5, 0.6) is 0 Å². The van der Waals surface area contributed by atoms with Crippen molar-refractivity contribution in [2.75, 3.05) is 7.11 Å². The van der Waals surface area contributed by atoms with Crippen LogP contribution in [-0.2, 0) is 21.6 Å². The van der Waals surface area contributed by atoms with Gasteiger partial charge >= 0.3 is 5.97 Å². The highest BCUT2D eigenvalue weighted by Crippen LogP contribution is 2.25. The van der Waals surface area contributed by atoms with Gasteiger partial charge in [0, 0.05) is 7.11 Å². The molecule has 1 N–H and O–H groups in total. The largest absolute Gasteiger partial charge is 0.479 e. The molecule has 0 bridgehead atoms. The summed E-state index contributed by atoms with van der Waals surface area (Å²) in [6.07, 6.45) is 2.09. The summed E-state index contributed by atoms with van der Waals surface area (Å²) < 4.78 is 5.09. The van der Waals surface area contributed by atoms with Crippen molar-refractivity contribution >= 4 is 5.97 Å². The number of carboxylic acids is 1. The summed E-state index contributed by atoms with van der Waals surface area (Å²) in [5.41, 5.74) is 0.627. The molecule has 0 aliphatic rings. The van der Waals surface area contributed by atoms with E-state index in [4.69, 9.17) is 9.84 Å². The first-order valence-corrected chi connectivity index (χ1v) is 5.42. The maximum absolute atomic E-state index is 11.1. The molecule has 1 unspecified atom stereocenters. The highest BCUT2D eigenvalue weighted by Gasteiger charge is 2.34. The van der Waals surface area contributed by atoms with Crippen molar-refractivity contribution in [3.63, 3.8) is 0 Å². The second-order valence-electron chi connectivity index (χ2n) is 3.99. The number of methoxy groups -OCH3 is 1. The van der Waals surface area contributed by atoms with Gasteiger partial charge in [-0.2, -0.15) is 0 Å². The van der Waals surface area contributed by atoms with Crippen LogP contribution in [0.15, 0.2) is 24.3 Å². The molecule has 0 fully saturated rings. The zero-order valence-corrected chi connectivity index (χ0v) is 9.99. The number of hydrogen-bond acceptors (Lipinski definition) is 2. The Kier molecular flexibility index (Phi) is 4.07. The quantitative estimate of drug-likeness (QED) is 0.833.